The van der Waals surface area contributed by atoms with Gasteiger partial charge in [-0.25, -0.2) is 4.98 Å². The summed E-state index contributed by atoms with van der Waals surface area (Å²) in [6.07, 6.45) is -4.81. The number of aromatic nitrogens is 2. The molecule has 0 aliphatic heterocycles. The van der Waals surface area contributed by atoms with Gasteiger partial charge in [-0.15, -0.1) is 13.2 Å². The van der Waals surface area contributed by atoms with Gasteiger partial charge in [-0.05, 0) is 19.1 Å². The average molecular weight is 464 g/mol. The Morgan fingerprint density at radius 3 is 2.27 bits per heavy atom. The summed E-state index contributed by atoms with van der Waals surface area (Å²) in [6.45, 7) is 1.56. The Morgan fingerprint density at radius 1 is 0.970 bits per heavy atom. The smallest absolute Gasteiger partial charge is 0.497 e. The van der Waals surface area contributed by atoms with Gasteiger partial charge < -0.3 is 30.0 Å². The van der Waals surface area contributed by atoms with E-state index < -0.39 is 6.36 Å². The quantitative estimate of drug-likeness (QED) is 0.423. The van der Waals surface area contributed by atoms with Crippen molar-refractivity contribution in [1.29, 1.82) is 0 Å². The van der Waals surface area contributed by atoms with Gasteiger partial charge in [0.15, 0.2) is 0 Å². The summed E-state index contributed by atoms with van der Waals surface area (Å²) >= 11 is 0. The van der Waals surface area contributed by atoms with Crippen molar-refractivity contribution in [3.8, 4) is 28.5 Å². The second kappa shape index (κ2) is 10.3. The molecule has 0 bridgehead atoms. The molecule has 1 heterocycles. The van der Waals surface area contributed by atoms with E-state index in [1.165, 1.54) is 32.4 Å². The van der Waals surface area contributed by atoms with Crippen LogP contribution in [0.3, 0.4) is 0 Å². The molecule has 8 nitrogen and oxygen atoms in total. The zero-order valence-electron chi connectivity index (χ0n) is 18.1. The van der Waals surface area contributed by atoms with Crippen LogP contribution in [0, 0.1) is 0 Å². The van der Waals surface area contributed by atoms with Gasteiger partial charge in [-0.1, -0.05) is 12.1 Å². The average Bonchev–Trinajstić information content (AvgIpc) is 2.77. The largest absolute Gasteiger partial charge is 0.573 e. The molecule has 3 N–H and O–H groups in total. The summed E-state index contributed by atoms with van der Waals surface area (Å²) in [5, 5.41) is 15.4. The third kappa shape index (κ3) is 6.88. The molecule has 0 saturated heterocycles. The molecule has 0 radical (unpaired) electrons. The van der Waals surface area contributed by atoms with E-state index >= 15 is 0 Å². The number of benzene rings is 2. The Labute approximate surface area is 188 Å². The number of ether oxygens (including phenoxy) is 3. The SMILES string of the molecule is COc1cc(Nc2cc(-c3cccc(OC(F)(F)F)c3)nc(N[C@@H](C)CO)n2)cc(OC)c1. The van der Waals surface area contributed by atoms with Crippen molar-refractivity contribution in [2.24, 2.45) is 0 Å². The minimum atomic E-state index is -4.81. The van der Waals surface area contributed by atoms with E-state index in [2.05, 4.69) is 25.3 Å². The predicted octanol–water partition coefficient (Wildman–Crippen LogP) is 4.60. The van der Waals surface area contributed by atoms with Gasteiger partial charge in [0.1, 0.15) is 23.1 Å². The summed E-state index contributed by atoms with van der Waals surface area (Å²) < 4.78 is 52.5. The first-order chi connectivity index (χ1) is 15.7. The molecule has 1 atom stereocenters. The van der Waals surface area contributed by atoms with E-state index in [9.17, 15) is 18.3 Å². The van der Waals surface area contributed by atoms with E-state index in [0.717, 1.165) is 0 Å². The summed E-state index contributed by atoms with van der Waals surface area (Å²) in [5.41, 5.74) is 1.32. The molecule has 0 saturated carbocycles. The van der Waals surface area contributed by atoms with Crippen molar-refractivity contribution in [1.82, 2.24) is 9.97 Å². The zero-order chi connectivity index (χ0) is 24.0. The molecule has 2 aromatic carbocycles. The number of methoxy groups -OCH3 is 2. The lowest BCUT2D eigenvalue weighted by atomic mass is 10.1. The molecule has 0 aliphatic carbocycles. The lowest BCUT2D eigenvalue weighted by Gasteiger charge is -2.15. The molecule has 0 aliphatic rings. The van der Waals surface area contributed by atoms with Crippen LogP contribution < -0.4 is 24.8 Å². The lowest BCUT2D eigenvalue weighted by molar-refractivity contribution is -0.274. The van der Waals surface area contributed by atoms with Gasteiger partial charge in [0.2, 0.25) is 5.95 Å². The Morgan fingerprint density at radius 2 is 1.67 bits per heavy atom. The van der Waals surface area contributed by atoms with Crippen LogP contribution in [0.4, 0.5) is 30.6 Å². The number of alkyl halides is 3. The van der Waals surface area contributed by atoms with Crippen LogP contribution in [0.1, 0.15) is 6.92 Å². The summed E-state index contributed by atoms with van der Waals surface area (Å²) in [5.74, 6) is 1.26. The maximum atomic E-state index is 12.6. The molecule has 3 rings (SSSR count). The topological polar surface area (TPSA) is 97.8 Å². The number of aliphatic hydroxyl groups excluding tert-OH is 1. The molecule has 3 aromatic rings. The highest BCUT2D eigenvalue weighted by Gasteiger charge is 2.31. The third-order valence-electron chi connectivity index (χ3n) is 4.36. The van der Waals surface area contributed by atoms with Crippen molar-refractivity contribution < 1.29 is 32.5 Å². The molecule has 0 spiro atoms. The molecule has 0 unspecified atom stereocenters. The van der Waals surface area contributed by atoms with Crippen LogP contribution >= 0.6 is 0 Å². The minimum absolute atomic E-state index is 0.168. The van der Waals surface area contributed by atoms with Crippen LogP contribution in [-0.2, 0) is 0 Å². The van der Waals surface area contributed by atoms with Gasteiger partial charge in [0, 0.05) is 41.6 Å². The number of nitrogens with zero attached hydrogens (tertiary/aromatic N) is 2. The maximum absolute atomic E-state index is 12.6. The normalized spacial score (nSPS) is 12.1. The standard InChI is InChI=1S/C22H23F3N4O4/c1-13(12-30)26-21-28-19(14-5-4-6-16(7-14)33-22(23,24)25)11-20(29-21)27-15-8-17(31-2)10-18(9-15)32-3/h4-11,13,30H,12H2,1-3H3,(H2,26,27,28,29)/t13-/m0/s1. The highest BCUT2D eigenvalue weighted by atomic mass is 19.4. The number of rotatable bonds is 9. The maximum Gasteiger partial charge on any atom is 0.573 e. The van der Waals surface area contributed by atoms with Crippen molar-refractivity contribution in [3.63, 3.8) is 0 Å². The minimum Gasteiger partial charge on any atom is -0.497 e. The Kier molecular flexibility index (Phi) is 7.44. The molecular weight excluding hydrogens is 441 g/mol. The van der Waals surface area contributed by atoms with Gasteiger partial charge >= 0.3 is 6.36 Å². The highest BCUT2D eigenvalue weighted by molar-refractivity contribution is 5.69. The van der Waals surface area contributed by atoms with Crippen molar-refractivity contribution in [3.05, 3.63) is 48.5 Å². The highest BCUT2D eigenvalue weighted by Crippen LogP contribution is 2.31. The predicted molar refractivity (Wildman–Crippen MR) is 117 cm³/mol. The van der Waals surface area contributed by atoms with E-state index in [1.807, 2.05) is 0 Å². The van der Waals surface area contributed by atoms with Crippen molar-refractivity contribution in [2.45, 2.75) is 19.3 Å². The summed E-state index contributed by atoms with van der Waals surface area (Å²) in [7, 11) is 3.05. The second-order valence-corrected chi connectivity index (χ2v) is 6.99. The van der Waals surface area contributed by atoms with Crippen molar-refractivity contribution >= 4 is 17.5 Å². The molecule has 0 amide bonds. The van der Waals surface area contributed by atoms with E-state index in [0.29, 0.717) is 34.3 Å². The summed E-state index contributed by atoms with van der Waals surface area (Å²) in [4.78, 5) is 8.78. The monoisotopic (exact) mass is 464 g/mol. The lowest BCUT2D eigenvalue weighted by Crippen LogP contribution is -2.21. The molecule has 176 valence electrons. The Hall–Kier alpha value is -3.73. The van der Waals surface area contributed by atoms with Crippen LogP contribution in [0.15, 0.2) is 48.5 Å². The van der Waals surface area contributed by atoms with Crippen LogP contribution in [0.25, 0.3) is 11.3 Å². The van der Waals surface area contributed by atoms with Gasteiger partial charge in [-0.3, -0.25) is 0 Å². The van der Waals surface area contributed by atoms with Crippen LogP contribution in [-0.4, -0.2) is 48.3 Å². The molecule has 33 heavy (non-hydrogen) atoms. The first kappa shape index (κ1) is 23.9. The van der Waals surface area contributed by atoms with E-state index in [4.69, 9.17) is 9.47 Å². The molecule has 0 fully saturated rings. The molecular formula is C22H23F3N4O4. The van der Waals surface area contributed by atoms with E-state index in [1.54, 1.807) is 37.3 Å². The number of anilines is 3. The number of halogens is 3. The fourth-order valence-electron chi connectivity index (χ4n) is 2.87. The fourth-order valence-corrected chi connectivity index (χ4v) is 2.87. The van der Waals surface area contributed by atoms with Crippen molar-refractivity contribution in [2.75, 3.05) is 31.5 Å². The second-order valence-electron chi connectivity index (χ2n) is 6.99. The number of aliphatic hydroxyl groups is 1. The Balaban J connectivity index is 2.01. The van der Waals surface area contributed by atoms with Gasteiger partial charge in [0.25, 0.3) is 0 Å². The van der Waals surface area contributed by atoms with E-state index in [-0.39, 0.29) is 24.3 Å². The molecule has 1 aromatic heterocycles. The first-order valence-corrected chi connectivity index (χ1v) is 9.82. The van der Waals surface area contributed by atoms with Crippen LogP contribution in [0.2, 0.25) is 0 Å². The zero-order valence-corrected chi connectivity index (χ0v) is 18.1. The van der Waals surface area contributed by atoms with Gasteiger partial charge in [0.05, 0.1) is 26.5 Å². The van der Waals surface area contributed by atoms with Crippen LogP contribution in [0.5, 0.6) is 17.2 Å². The summed E-state index contributed by atoms with van der Waals surface area (Å²) in [6, 6.07) is 11.8. The molecule has 11 heteroatoms. The number of hydrogen-bond acceptors (Lipinski definition) is 8. The Bertz CT molecular complexity index is 1070. The number of nitrogens with one attached hydrogen (secondary N) is 2. The fraction of sp³-hybridized carbons (Fsp3) is 0.273. The number of hydrogen-bond donors (Lipinski definition) is 3. The van der Waals surface area contributed by atoms with Gasteiger partial charge in [-0.2, -0.15) is 4.98 Å². The first-order valence-electron chi connectivity index (χ1n) is 9.82. The third-order valence-corrected chi connectivity index (χ3v) is 4.36.